The molecule has 0 unspecified atom stereocenters. The van der Waals surface area contributed by atoms with Crippen LogP contribution in [-0.4, -0.2) is 17.9 Å². The van der Waals surface area contributed by atoms with Gasteiger partial charge in [-0.15, -0.1) is 0 Å². The Morgan fingerprint density at radius 2 is 1.85 bits per heavy atom. The maximum absolute atomic E-state index is 12.4. The van der Waals surface area contributed by atoms with Crippen molar-refractivity contribution in [3.05, 3.63) is 69.7 Å². The van der Waals surface area contributed by atoms with E-state index in [1.54, 1.807) is 11.9 Å². The van der Waals surface area contributed by atoms with Gasteiger partial charge in [-0.2, -0.15) is 0 Å². The lowest BCUT2D eigenvalue weighted by Crippen LogP contribution is -2.26. The Bertz CT molecular complexity index is 637. The SMILES string of the molecule is Cc1ccc(C(=O)N(C)Cc2cccc(Cl)c2)cc1C. The molecule has 0 aromatic heterocycles. The zero-order chi connectivity index (χ0) is 14.7. The van der Waals surface area contributed by atoms with Crippen LogP contribution in [0.5, 0.6) is 0 Å². The van der Waals surface area contributed by atoms with Crippen molar-refractivity contribution in [2.24, 2.45) is 0 Å². The van der Waals surface area contributed by atoms with Crippen LogP contribution in [-0.2, 0) is 6.54 Å². The van der Waals surface area contributed by atoms with Crippen LogP contribution in [0.4, 0.5) is 0 Å². The van der Waals surface area contributed by atoms with E-state index in [1.807, 2.05) is 56.3 Å². The summed E-state index contributed by atoms with van der Waals surface area (Å²) >= 11 is 5.96. The molecule has 0 saturated carbocycles. The van der Waals surface area contributed by atoms with Crippen molar-refractivity contribution in [2.45, 2.75) is 20.4 Å². The third-order valence-corrected chi connectivity index (χ3v) is 3.64. The Balaban J connectivity index is 2.14. The van der Waals surface area contributed by atoms with Crippen molar-refractivity contribution in [3.8, 4) is 0 Å². The molecule has 20 heavy (non-hydrogen) atoms. The minimum atomic E-state index is 0.0214. The van der Waals surface area contributed by atoms with Gasteiger partial charge in [0.1, 0.15) is 0 Å². The van der Waals surface area contributed by atoms with Gasteiger partial charge in [-0.25, -0.2) is 0 Å². The van der Waals surface area contributed by atoms with E-state index in [0.717, 1.165) is 16.7 Å². The molecular weight excluding hydrogens is 270 g/mol. The molecule has 2 aromatic rings. The molecule has 0 aliphatic carbocycles. The summed E-state index contributed by atoms with van der Waals surface area (Å²) < 4.78 is 0. The van der Waals surface area contributed by atoms with Gasteiger partial charge >= 0.3 is 0 Å². The van der Waals surface area contributed by atoms with Crippen LogP contribution in [0.3, 0.4) is 0 Å². The van der Waals surface area contributed by atoms with Crippen LogP contribution >= 0.6 is 11.6 Å². The fourth-order valence-corrected chi connectivity index (χ4v) is 2.29. The van der Waals surface area contributed by atoms with Crippen LogP contribution < -0.4 is 0 Å². The van der Waals surface area contributed by atoms with E-state index in [2.05, 4.69) is 0 Å². The zero-order valence-corrected chi connectivity index (χ0v) is 12.7. The highest BCUT2D eigenvalue weighted by Gasteiger charge is 2.12. The molecule has 0 atom stereocenters. The maximum Gasteiger partial charge on any atom is 0.253 e. The first-order valence-corrected chi connectivity index (χ1v) is 6.92. The molecule has 0 aliphatic heterocycles. The maximum atomic E-state index is 12.4. The quantitative estimate of drug-likeness (QED) is 0.827. The molecule has 0 heterocycles. The van der Waals surface area contributed by atoms with E-state index < -0.39 is 0 Å². The van der Waals surface area contributed by atoms with Crippen LogP contribution in [0.25, 0.3) is 0 Å². The first-order chi connectivity index (χ1) is 9.47. The summed E-state index contributed by atoms with van der Waals surface area (Å²) in [5.41, 5.74) is 4.07. The molecule has 0 aliphatic rings. The van der Waals surface area contributed by atoms with Gasteiger partial charge in [0, 0.05) is 24.2 Å². The van der Waals surface area contributed by atoms with Crippen molar-refractivity contribution in [2.75, 3.05) is 7.05 Å². The van der Waals surface area contributed by atoms with Crippen LogP contribution in [0.2, 0.25) is 5.02 Å². The fraction of sp³-hybridized carbons (Fsp3) is 0.235. The van der Waals surface area contributed by atoms with E-state index in [9.17, 15) is 4.79 Å². The molecule has 0 spiro atoms. The number of benzene rings is 2. The molecule has 104 valence electrons. The lowest BCUT2D eigenvalue weighted by Gasteiger charge is -2.18. The highest BCUT2D eigenvalue weighted by Crippen LogP contribution is 2.15. The molecule has 0 fully saturated rings. The second kappa shape index (κ2) is 6.10. The summed E-state index contributed by atoms with van der Waals surface area (Å²) in [6.07, 6.45) is 0. The van der Waals surface area contributed by atoms with E-state index in [-0.39, 0.29) is 5.91 Å². The Morgan fingerprint density at radius 1 is 1.10 bits per heavy atom. The van der Waals surface area contributed by atoms with Crippen molar-refractivity contribution < 1.29 is 4.79 Å². The fourth-order valence-electron chi connectivity index (χ4n) is 2.08. The monoisotopic (exact) mass is 287 g/mol. The molecule has 0 saturated heterocycles. The van der Waals surface area contributed by atoms with Gasteiger partial charge in [-0.3, -0.25) is 4.79 Å². The largest absolute Gasteiger partial charge is 0.337 e. The lowest BCUT2D eigenvalue weighted by atomic mass is 10.1. The van der Waals surface area contributed by atoms with Gasteiger partial charge < -0.3 is 4.90 Å². The highest BCUT2D eigenvalue weighted by molar-refractivity contribution is 6.30. The van der Waals surface area contributed by atoms with Crippen molar-refractivity contribution in [3.63, 3.8) is 0 Å². The molecule has 0 bridgehead atoms. The Hall–Kier alpha value is -1.80. The zero-order valence-electron chi connectivity index (χ0n) is 12.0. The van der Waals surface area contributed by atoms with Crippen LogP contribution in [0.1, 0.15) is 27.0 Å². The van der Waals surface area contributed by atoms with Crippen molar-refractivity contribution in [1.29, 1.82) is 0 Å². The summed E-state index contributed by atoms with van der Waals surface area (Å²) in [6.45, 7) is 4.61. The molecule has 0 N–H and O–H groups in total. The van der Waals surface area contributed by atoms with Gasteiger partial charge in [0.15, 0.2) is 0 Å². The highest BCUT2D eigenvalue weighted by atomic mass is 35.5. The molecule has 0 radical (unpaired) electrons. The Labute approximate surface area is 125 Å². The molecule has 2 nitrogen and oxygen atoms in total. The first-order valence-electron chi connectivity index (χ1n) is 6.54. The second-order valence-electron chi connectivity index (χ2n) is 5.09. The lowest BCUT2D eigenvalue weighted by molar-refractivity contribution is 0.0785. The normalized spacial score (nSPS) is 10.4. The average molecular weight is 288 g/mol. The smallest absolute Gasteiger partial charge is 0.253 e. The third kappa shape index (κ3) is 3.40. The molecular formula is C17H18ClNO. The van der Waals surface area contributed by atoms with Gasteiger partial charge in [0.2, 0.25) is 0 Å². The standard InChI is InChI=1S/C17H18ClNO/c1-12-7-8-15(9-13(12)2)17(20)19(3)11-14-5-4-6-16(18)10-14/h4-10H,11H2,1-3H3. The third-order valence-electron chi connectivity index (χ3n) is 3.41. The van der Waals surface area contributed by atoms with E-state index in [4.69, 9.17) is 11.6 Å². The summed E-state index contributed by atoms with van der Waals surface area (Å²) in [7, 11) is 1.80. The molecule has 2 rings (SSSR count). The van der Waals surface area contributed by atoms with Crippen molar-refractivity contribution >= 4 is 17.5 Å². The van der Waals surface area contributed by atoms with Gasteiger partial charge in [0.25, 0.3) is 5.91 Å². The minimum absolute atomic E-state index is 0.0214. The van der Waals surface area contributed by atoms with Gasteiger partial charge in [-0.1, -0.05) is 29.8 Å². The summed E-state index contributed by atoms with van der Waals surface area (Å²) in [5.74, 6) is 0.0214. The predicted octanol–water partition coefficient (Wildman–Crippen LogP) is 4.23. The van der Waals surface area contributed by atoms with E-state index in [0.29, 0.717) is 11.6 Å². The number of nitrogens with zero attached hydrogens (tertiary/aromatic N) is 1. The Kier molecular flexibility index (Phi) is 4.46. The number of hydrogen-bond acceptors (Lipinski definition) is 1. The number of rotatable bonds is 3. The Morgan fingerprint density at radius 3 is 2.50 bits per heavy atom. The van der Waals surface area contributed by atoms with Crippen LogP contribution in [0, 0.1) is 13.8 Å². The van der Waals surface area contributed by atoms with Gasteiger partial charge in [-0.05, 0) is 54.8 Å². The number of aryl methyl sites for hydroxylation is 2. The van der Waals surface area contributed by atoms with E-state index >= 15 is 0 Å². The number of halogens is 1. The van der Waals surface area contributed by atoms with Gasteiger partial charge in [0.05, 0.1) is 0 Å². The second-order valence-corrected chi connectivity index (χ2v) is 5.53. The average Bonchev–Trinajstić information content (AvgIpc) is 2.41. The molecule has 2 aromatic carbocycles. The number of carbonyl (C=O) groups is 1. The minimum Gasteiger partial charge on any atom is -0.337 e. The summed E-state index contributed by atoms with van der Waals surface area (Å²) in [4.78, 5) is 14.1. The van der Waals surface area contributed by atoms with Crippen LogP contribution in [0.15, 0.2) is 42.5 Å². The summed E-state index contributed by atoms with van der Waals surface area (Å²) in [6, 6.07) is 13.4. The number of amides is 1. The number of hydrogen-bond donors (Lipinski definition) is 0. The summed E-state index contributed by atoms with van der Waals surface area (Å²) in [5, 5.41) is 0.689. The first kappa shape index (κ1) is 14.6. The molecule has 3 heteroatoms. The van der Waals surface area contributed by atoms with E-state index in [1.165, 1.54) is 5.56 Å². The molecule has 1 amide bonds. The topological polar surface area (TPSA) is 20.3 Å². The predicted molar refractivity (Wildman–Crippen MR) is 83.2 cm³/mol. The van der Waals surface area contributed by atoms with Crippen molar-refractivity contribution in [1.82, 2.24) is 4.90 Å². The number of carbonyl (C=O) groups excluding carboxylic acids is 1.